The number of ether oxygens (including phenoxy) is 1. The molecule has 12 heteroatoms. The Kier molecular flexibility index (Phi) is 7.08. The number of pyridine rings is 1. The van der Waals surface area contributed by atoms with E-state index in [1.807, 2.05) is 6.07 Å². The van der Waals surface area contributed by atoms with Gasteiger partial charge in [0.15, 0.2) is 5.60 Å². The summed E-state index contributed by atoms with van der Waals surface area (Å²) in [5.74, 6) is -1.02. The van der Waals surface area contributed by atoms with Gasteiger partial charge in [0.05, 0.1) is 20.9 Å². The third kappa shape index (κ3) is 6.35. The fraction of sp³-hybridized carbons (Fsp3) is 0.129. The summed E-state index contributed by atoms with van der Waals surface area (Å²) in [5, 5.41) is 30.1. The predicted molar refractivity (Wildman–Crippen MR) is 144 cm³/mol. The highest BCUT2D eigenvalue weighted by atomic mass is 19.3. The SMILES string of the molecule is [2H]c1nnnn1CC(O)(c1ccc(F)cc1F)C(F)(F)c1ccc(C#Cc2ccc(OC([2H])([2H])c3ccc(C#N)cc3)cc2)cn1. The topological polar surface area (TPSA) is 110 Å². The van der Waals surface area contributed by atoms with Crippen molar-refractivity contribution in [2.45, 2.75) is 24.6 Å². The maximum absolute atomic E-state index is 16.0. The van der Waals surface area contributed by atoms with E-state index in [0.29, 0.717) is 34.0 Å². The van der Waals surface area contributed by atoms with E-state index in [-0.39, 0.29) is 16.9 Å². The molecule has 1 N–H and O–H groups in total. The summed E-state index contributed by atoms with van der Waals surface area (Å²) in [4.78, 5) is 3.75. The van der Waals surface area contributed by atoms with Crippen LogP contribution in [0.2, 0.25) is 0 Å². The number of rotatable bonds is 8. The molecule has 5 rings (SSSR count). The lowest BCUT2D eigenvalue weighted by atomic mass is 9.84. The Morgan fingerprint density at radius 3 is 2.28 bits per heavy atom. The number of alkyl halides is 2. The van der Waals surface area contributed by atoms with Crippen LogP contribution in [0, 0.1) is 34.8 Å². The molecule has 8 nitrogen and oxygen atoms in total. The minimum absolute atomic E-state index is 0.206. The summed E-state index contributed by atoms with van der Waals surface area (Å²) in [5.41, 5.74) is -4.03. The Morgan fingerprint density at radius 1 is 0.953 bits per heavy atom. The van der Waals surface area contributed by atoms with Gasteiger partial charge in [-0.3, -0.25) is 4.98 Å². The largest absolute Gasteiger partial charge is 0.489 e. The van der Waals surface area contributed by atoms with Crippen LogP contribution in [-0.2, 0) is 24.6 Å². The molecule has 0 saturated heterocycles. The number of halogens is 4. The van der Waals surface area contributed by atoms with Crippen LogP contribution in [0.4, 0.5) is 17.6 Å². The Hall–Kier alpha value is -5.59. The molecule has 0 amide bonds. The molecule has 0 aliphatic heterocycles. The van der Waals surface area contributed by atoms with E-state index in [9.17, 15) is 13.9 Å². The smallest absolute Gasteiger partial charge is 0.323 e. The van der Waals surface area contributed by atoms with Gasteiger partial charge in [0.25, 0.3) is 0 Å². The van der Waals surface area contributed by atoms with E-state index in [1.165, 1.54) is 42.5 Å². The van der Waals surface area contributed by atoms with E-state index in [2.05, 4.69) is 32.4 Å². The van der Waals surface area contributed by atoms with Crippen molar-refractivity contribution in [1.29, 1.82) is 5.26 Å². The molecular weight excluding hydrogens is 564 g/mol. The van der Waals surface area contributed by atoms with Crippen molar-refractivity contribution in [2.75, 3.05) is 0 Å². The van der Waals surface area contributed by atoms with Crippen LogP contribution in [0.5, 0.6) is 5.75 Å². The van der Waals surface area contributed by atoms with E-state index in [1.54, 1.807) is 12.1 Å². The number of aromatic nitrogens is 5. The van der Waals surface area contributed by atoms with E-state index >= 15 is 8.78 Å². The van der Waals surface area contributed by atoms with E-state index < -0.39 is 53.8 Å². The Balaban J connectivity index is 1.35. The molecule has 0 bridgehead atoms. The predicted octanol–water partition coefficient (Wildman–Crippen LogP) is 4.88. The van der Waals surface area contributed by atoms with Gasteiger partial charge in [-0.1, -0.05) is 24.0 Å². The van der Waals surface area contributed by atoms with Crippen LogP contribution < -0.4 is 4.74 Å². The lowest BCUT2D eigenvalue weighted by molar-refractivity contribution is -0.207. The van der Waals surface area contributed by atoms with Crippen molar-refractivity contribution >= 4 is 0 Å². The lowest BCUT2D eigenvalue weighted by Crippen LogP contribution is -2.48. The average Bonchev–Trinajstić information content (AvgIpc) is 3.44. The fourth-order valence-electron chi connectivity index (χ4n) is 3.97. The lowest BCUT2D eigenvalue weighted by Gasteiger charge is -2.35. The standard InChI is InChI=1S/C31H20F4N6O2/c32-25-10-13-27(28(33)15-25)30(42,19-41-20-38-39-40-41)31(34,35)29-14-9-23(17-37-29)4-1-21-7-11-26(12-8-21)43-18-24-5-2-22(16-36)3-6-24/h2-3,5-15,17,20,42H,18-19H2/i18D2,20D. The molecule has 0 spiro atoms. The number of nitrogens with zero attached hydrogens (tertiary/aromatic N) is 6. The van der Waals surface area contributed by atoms with Crippen LogP contribution in [0.15, 0.2) is 91.4 Å². The Bertz CT molecular complexity index is 1970. The third-order valence-electron chi connectivity index (χ3n) is 6.22. The number of benzene rings is 3. The van der Waals surface area contributed by atoms with E-state index in [0.717, 1.165) is 12.3 Å². The van der Waals surface area contributed by atoms with Crippen LogP contribution in [0.1, 0.15) is 37.6 Å². The normalized spacial score (nSPS) is 13.8. The molecule has 0 fully saturated rings. The number of hydrogen-bond acceptors (Lipinski definition) is 7. The summed E-state index contributed by atoms with van der Waals surface area (Å²) in [6, 6.07) is 17.8. The molecule has 214 valence electrons. The second-order valence-electron chi connectivity index (χ2n) is 9.10. The highest BCUT2D eigenvalue weighted by Crippen LogP contribution is 2.46. The van der Waals surface area contributed by atoms with Gasteiger partial charge in [-0.15, -0.1) is 5.10 Å². The summed E-state index contributed by atoms with van der Waals surface area (Å²) in [7, 11) is 0. The van der Waals surface area contributed by atoms with Crippen LogP contribution in [0.25, 0.3) is 0 Å². The molecule has 43 heavy (non-hydrogen) atoms. The Labute approximate surface area is 247 Å². The minimum atomic E-state index is -4.30. The highest BCUT2D eigenvalue weighted by Gasteiger charge is 2.58. The molecule has 0 radical (unpaired) electrons. The molecule has 2 aromatic heterocycles. The average molecular weight is 588 g/mol. The van der Waals surface area contributed by atoms with Gasteiger partial charge in [0.1, 0.15) is 37.3 Å². The first-order valence-electron chi connectivity index (χ1n) is 13.9. The molecule has 0 aliphatic carbocycles. The van der Waals surface area contributed by atoms with Gasteiger partial charge < -0.3 is 9.84 Å². The number of aliphatic hydroxyl groups is 1. The highest BCUT2D eigenvalue weighted by molar-refractivity contribution is 5.44. The molecule has 0 aliphatic rings. The monoisotopic (exact) mass is 587 g/mol. The minimum Gasteiger partial charge on any atom is -0.489 e. The first kappa shape index (κ1) is 25.1. The van der Waals surface area contributed by atoms with Gasteiger partial charge in [-0.05, 0) is 76.7 Å². The van der Waals surface area contributed by atoms with Crippen molar-refractivity contribution < 1.29 is 31.5 Å². The summed E-state index contributed by atoms with van der Waals surface area (Å²) < 4.78 is 90.4. The molecule has 5 aromatic rings. The maximum Gasteiger partial charge on any atom is 0.323 e. The quantitative estimate of drug-likeness (QED) is 0.204. The Morgan fingerprint density at radius 2 is 1.65 bits per heavy atom. The van der Waals surface area contributed by atoms with E-state index in [4.69, 9.17) is 14.1 Å². The summed E-state index contributed by atoms with van der Waals surface area (Å²) in [6.45, 7) is -3.34. The molecule has 1 atom stereocenters. The zero-order valence-corrected chi connectivity index (χ0v) is 21.8. The second-order valence-corrected chi connectivity index (χ2v) is 9.10. The van der Waals surface area contributed by atoms with Crippen LogP contribution in [0.3, 0.4) is 0 Å². The molecule has 1 unspecified atom stereocenters. The molecular formula is C31H20F4N6O2. The maximum atomic E-state index is 16.0. The number of tetrazole rings is 1. The first-order chi connectivity index (χ1) is 21.8. The van der Waals surface area contributed by atoms with Gasteiger partial charge in [0.2, 0.25) is 0 Å². The van der Waals surface area contributed by atoms with Gasteiger partial charge >= 0.3 is 5.92 Å². The molecule has 2 heterocycles. The summed E-state index contributed by atoms with van der Waals surface area (Å²) in [6.07, 6.45) is 0.341. The van der Waals surface area contributed by atoms with Crippen molar-refractivity contribution in [2.24, 2.45) is 0 Å². The van der Waals surface area contributed by atoms with Crippen molar-refractivity contribution in [1.82, 2.24) is 25.2 Å². The first-order valence-corrected chi connectivity index (χ1v) is 12.4. The summed E-state index contributed by atoms with van der Waals surface area (Å²) >= 11 is 0. The third-order valence-corrected chi connectivity index (χ3v) is 6.22. The van der Waals surface area contributed by atoms with Gasteiger partial charge in [-0.2, -0.15) is 14.0 Å². The zero-order chi connectivity index (χ0) is 33.1. The van der Waals surface area contributed by atoms with Gasteiger partial charge in [0, 0.05) is 29.0 Å². The number of nitriles is 1. The second kappa shape index (κ2) is 12.1. The van der Waals surface area contributed by atoms with Gasteiger partial charge in [-0.25, -0.2) is 13.5 Å². The molecule has 0 saturated carbocycles. The zero-order valence-electron chi connectivity index (χ0n) is 24.8. The fourth-order valence-corrected chi connectivity index (χ4v) is 3.97. The van der Waals surface area contributed by atoms with Crippen LogP contribution in [-0.4, -0.2) is 30.3 Å². The number of hydrogen-bond donors (Lipinski definition) is 1. The van der Waals surface area contributed by atoms with Crippen molar-refractivity contribution in [3.8, 4) is 23.7 Å². The molecule has 3 aromatic carbocycles. The van der Waals surface area contributed by atoms with Crippen LogP contribution >= 0.6 is 0 Å². The van der Waals surface area contributed by atoms with Crippen molar-refractivity contribution in [3.63, 3.8) is 0 Å². The van der Waals surface area contributed by atoms with Crippen molar-refractivity contribution in [3.05, 3.63) is 137 Å².